The molecule has 1 fully saturated rings. The van der Waals surface area contributed by atoms with Crippen LogP contribution in [-0.2, 0) is 13.6 Å². The fourth-order valence-corrected chi connectivity index (χ4v) is 3.10. The van der Waals surface area contributed by atoms with Crippen LogP contribution in [0.5, 0.6) is 0 Å². The van der Waals surface area contributed by atoms with Crippen LogP contribution in [0.3, 0.4) is 0 Å². The maximum atomic E-state index is 4.60. The van der Waals surface area contributed by atoms with E-state index < -0.39 is 0 Å². The highest BCUT2D eigenvalue weighted by molar-refractivity contribution is 5.52. The van der Waals surface area contributed by atoms with Gasteiger partial charge in [0.15, 0.2) is 0 Å². The molecule has 1 saturated heterocycles. The molecule has 2 heterocycles. The molecule has 1 aromatic heterocycles. The van der Waals surface area contributed by atoms with Gasteiger partial charge in [-0.2, -0.15) is 5.10 Å². The van der Waals surface area contributed by atoms with Gasteiger partial charge in [-0.25, -0.2) is 0 Å². The molecule has 18 heavy (non-hydrogen) atoms. The first-order valence-corrected chi connectivity index (χ1v) is 7.04. The van der Waals surface area contributed by atoms with Gasteiger partial charge < -0.3 is 10.2 Å². The van der Waals surface area contributed by atoms with Crippen LogP contribution in [-0.4, -0.2) is 28.9 Å². The van der Waals surface area contributed by atoms with Crippen molar-refractivity contribution in [3.63, 3.8) is 0 Å². The quantitative estimate of drug-likeness (QED) is 0.888. The van der Waals surface area contributed by atoms with Crippen molar-refractivity contribution in [2.75, 3.05) is 18.0 Å². The Morgan fingerprint density at radius 2 is 2.11 bits per heavy atom. The molecule has 1 aliphatic heterocycles. The van der Waals surface area contributed by atoms with Gasteiger partial charge in [-0.1, -0.05) is 13.8 Å². The molecule has 1 aromatic rings. The number of aryl methyl sites for hydroxylation is 2. The lowest BCUT2D eigenvalue weighted by Crippen LogP contribution is -2.30. The van der Waals surface area contributed by atoms with Gasteiger partial charge in [0.05, 0.1) is 5.69 Å². The number of hydrogen-bond donors (Lipinski definition) is 1. The fraction of sp³-hybridized carbons (Fsp3) is 0.786. The van der Waals surface area contributed by atoms with Gasteiger partial charge >= 0.3 is 0 Å². The van der Waals surface area contributed by atoms with E-state index >= 15 is 0 Å². The van der Waals surface area contributed by atoms with Crippen LogP contribution >= 0.6 is 0 Å². The summed E-state index contributed by atoms with van der Waals surface area (Å²) >= 11 is 0. The number of hydrogen-bond acceptors (Lipinski definition) is 3. The van der Waals surface area contributed by atoms with Crippen molar-refractivity contribution in [3.8, 4) is 0 Å². The molecule has 0 radical (unpaired) electrons. The van der Waals surface area contributed by atoms with Crippen molar-refractivity contribution < 1.29 is 0 Å². The van der Waals surface area contributed by atoms with Crippen molar-refractivity contribution in [2.24, 2.45) is 13.0 Å². The zero-order valence-corrected chi connectivity index (χ0v) is 12.3. The predicted octanol–water partition coefficient (Wildman–Crippen LogP) is 2.07. The highest BCUT2D eigenvalue weighted by atomic mass is 15.4. The van der Waals surface area contributed by atoms with Crippen LogP contribution in [0.4, 0.5) is 5.82 Å². The van der Waals surface area contributed by atoms with Crippen LogP contribution in [0.2, 0.25) is 0 Å². The van der Waals surface area contributed by atoms with E-state index in [9.17, 15) is 0 Å². The van der Waals surface area contributed by atoms with E-state index in [4.69, 9.17) is 0 Å². The molecule has 2 atom stereocenters. The highest BCUT2D eigenvalue weighted by Crippen LogP contribution is 2.32. The molecule has 0 saturated carbocycles. The van der Waals surface area contributed by atoms with E-state index in [1.165, 1.54) is 17.8 Å². The van der Waals surface area contributed by atoms with E-state index in [2.05, 4.69) is 54.7 Å². The summed E-state index contributed by atoms with van der Waals surface area (Å²) in [5.41, 5.74) is 2.51. The third-order valence-electron chi connectivity index (χ3n) is 3.92. The molecule has 4 nitrogen and oxygen atoms in total. The molecule has 2 unspecified atom stereocenters. The molecule has 1 aliphatic rings. The van der Waals surface area contributed by atoms with E-state index in [1.807, 2.05) is 0 Å². The second-order valence-electron chi connectivity index (χ2n) is 5.63. The summed E-state index contributed by atoms with van der Waals surface area (Å²) in [5, 5.41) is 8.03. The average Bonchev–Trinajstić information content (AvgIpc) is 2.75. The second-order valence-corrected chi connectivity index (χ2v) is 5.63. The van der Waals surface area contributed by atoms with Crippen LogP contribution in [0.1, 0.15) is 38.4 Å². The van der Waals surface area contributed by atoms with Gasteiger partial charge in [-0.15, -0.1) is 0 Å². The van der Waals surface area contributed by atoms with Crippen LogP contribution in [0.25, 0.3) is 0 Å². The maximum Gasteiger partial charge on any atom is 0.131 e. The van der Waals surface area contributed by atoms with Crippen LogP contribution < -0.4 is 10.2 Å². The summed E-state index contributed by atoms with van der Waals surface area (Å²) in [6.45, 7) is 12.0. The van der Waals surface area contributed by atoms with Crippen molar-refractivity contribution in [3.05, 3.63) is 11.3 Å². The molecule has 2 rings (SSSR count). The molecule has 0 aliphatic carbocycles. The predicted molar refractivity (Wildman–Crippen MR) is 75.9 cm³/mol. The maximum absolute atomic E-state index is 4.60. The number of anilines is 1. The van der Waals surface area contributed by atoms with E-state index in [0.717, 1.165) is 31.2 Å². The molecule has 102 valence electrons. The normalized spacial score (nSPS) is 23.9. The third-order valence-corrected chi connectivity index (χ3v) is 3.92. The van der Waals surface area contributed by atoms with Gasteiger partial charge in [-0.3, -0.25) is 4.68 Å². The second kappa shape index (κ2) is 5.31. The SMILES string of the molecule is CCNCc1c(C)nn(C)c1N1CC(C)CC1C. The molecule has 0 aromatic carbocycles. The third kappa shape index (κ3) is 2.39. The molecule has 4 heteroatoms. The number of aromatic nitrogens is 2. The minimum Gasteiger partial charge on any atom is -0.354 e. The zero-order chi connectivity index (χ0) is 13.3. The summed E-state index contributed by atoms with van der Waals surface area (Å²) in [6, 6.07) is 0.621. The Hall–Kier alpha value is -1.03. The lowest BCUT2D eigenvalue weighted by molar-refractivity contribution is 0.624. The summed E-state index contributed by atoms with van der Waals surface area (Å²) < 4.78 is 2.05. The Morgan fingerprint density at radius 3 is 2.67 bits per heavy atom. The first-order chi connectivity index (χ1) is 8.54. The smallest absolute Gasteiger partial charge is 0.131 e. The van der Waals surface area contributed by atoms with Gasteiger partial charge in [0.25, 0.3) is 0 Å². The molecule has 0 bridgehead atoms. The van der Waals surface area contributed by atoms with E-state index in [0.29, 0.717) is 6.04 Å². The number of nitrogens with one attached hydrogen (secondary N) is 1. The Kier molecular flexibility index (Phi) is 3.95. The summed E-state index contributed by atoms with van der Waals surface area (Å²) in [7, 11) is 2.06. The molecular formula is C14H26N4. The molecule has 1 N–H and O–H groups in total. The minimum atomic E-state index is 0.621. The van der Waals surface area contributed by atoms with Crippen LogP contribution in [0.15, 0.2) is 0 Å². The molecule has 0 amide bonds. The van der Waals surface area contributed by atoms with Crippen molar-refractivity contribution in [1.82, 2.24) is 15.1 Å². The summed E-state index contributed by atoms with van der Waals surface area (Å²) in [4.78, 5) is 2.53. The van der Waals surface area contributed by atoms with Gasteiger partial charge in [-0.05, 0) is 32.7 Å². The van der Waals surface area contributed by atoms with Gasteiger partial charge in [0, 0.05) is 31.7 Å². The van der Waals surface area contributed by atoms with Crippen molar-refractivity contribution >= 4 is 5.82 Å². The van der Waals surface area contributed by atoms with Crippen molar-refractivity contribution in [2.45, 2.75) is 46.7 Å². The Balaban J connectivity index is 2.31. The lowest BCUT2D eigenvalue weighted by Gasteiger charge is -2.25. The first kappa shape index (κ1) is 13.4. The monoisotopic (exact) mass is 250 g/mol. The number of rotatable bonds is 4. The highest BCUT2D eigenvalue weighted by Gasteiger charge is 2.30. The van der Waals surface area contributed by atoms with Crippen LogP contribution in [0, 0.1) is 12.8 Å². The van der Waals surface area contributed by atoms with E-state index in [-0.39, 0.29) is 0 Å². The van der Waals surface area contributed by atoms with E-state index in [1.54, 1.807) is 0 Å². The Bertz CT molecular complexity index is 410. The summed E-state index contributed by atoms with van der Waals surface area (Å²) in [5.74, 6) is 2.09. The Labute approximate surface area is 110 Å². The largest absolute Gasteiger partial charge is 0.354 e. The average molecular weight is 250 g/mol. The van der Waals surface area contributed by atoms with Gasteiger partial charge in [0.2, 0.25) is 0 Å². The topological polar surface area (TPSA) is 33.1 Å². The van der Waals surface area contributed by atoms with Crippen molar-refractivity contribution in [1.29, 1.82) is 0 Å². The molecular weight excluding hydrogens is 224 g/mol. The lowest BCUT2D eigenvalue weighted by atomic mass is 10.1. The number of nitrogens with zero attached hydrogens (tertiary/aromatic N) is 3. The molecule has 0 spiro atoms. The fourth-order valence-electron chi connectivity index (χ4n) is 3.10. The first-order valence-electron chi connectivity index (χ1n) is 7.04. The summed E-state index contributed by atoms with van der Waals surface area (Å²) in [6.07, 6.45) is 1.28. The Morgan fingerprint density at radius 1 is 1.39 bits per heavy atom. The minimum absolute atomic E-state index is 0.621. The zero-order valence-electron chi connectivity index (χ0n) is 12.3. The standard InChI is InChI=1S/C14H26N4/c1-6-15-8-13-12(4)16-17(5)14(13)18-9-10(2)7-11(18)3/h10-11,15H,6-9H2,1-5H3. The van der Waals surface area contributed by atoms with Gasteiger partial charge in [0.1, 0.15) is 5.82 Å².